The Bertz CT molecular complexity index is 966. The molecule has 2 aromatic rings. The first-order valence-electron chi connectivity index (χ1n) is 7.08. The van der Waals surface area contributed by atoms with Crippen molar-refractivity contribution in [3.63, 3.8) is 0 Å². The molecule has 26 heavy (non-hydrogen) atoms. The van der Waals surface area contributed by atoms with Crippen LogP contribution in [0.1, 0.15) is 5.56 Å². The van der Waals surface area contributed by atoms with Crippen LogP contribution >= 0.6 is 92.4 Å². The highest BCUT2D eigenvalue weighted by atomic mass is 127. The van der Waals surface area contributed by atoms with Gasteiger partial charge in [0.05, 0.1) is 31.3 Å². The molecular weight excluding hydrogens is 639 g/mol. The van der Waals surface area contributed by atoms with Crippen LogP contribution in [-0.2, 0) is 4.79 Å². The highest BCUT2D eigenvalue weighted by molar-refractivity contribution is 14.1. The number of hydrogen-bond donors (Lipinski definition) is 0. The van der Waals surface area contributed by atoms with Gasteiger partial charge in [0.2, 0.25) is 0 Å². The molecule has 1 aliphatic heterocycles. The highest BCUT2D eigenvalue weighted by Crippen LogP contribution is 2.39. The minimum absolute atomic E-state index is 0.200. The Labute approximate surface area is 197 Å². The van der Waals surface area contributed by atoms with E-state index in [1.165, 1.54) is 16.7 Å². The maximum absolute atomic E-state index is 12.9. The summed E-state index contributed by atoms with van der Waals surface area (Å²) >= 11 is 23.1. The van der Waals surface area contributed by atoms with Gasteiger partial charge in [-0.2, -0.15) is 0 Å². The minimum atomic E-state index is -0.200. The number of thiocarbonyl (C=S) groups is 1. The van der Waals surface area contributed by atoms with Crippen molar-refractivity contribution in [2.75, 3.05) is 12.0 Å². The van der Waals surface area contributed by atoms with Gasteiger partial charge in [-0.25, -0.2) is 0 Å². The number of amides is 1. The third-order valence-corrected chi connectivity index (χ3v) is 6.95. The maximum atomic E-state index is 12.9. The second kappa shape index (κ2) is 8.52. The van der Waals surface area contributed by atoms with Crippen LogP contribution in [-0.4, -0.2) is 17.3 Å². The number of thioether (sulfide) groups is 1. The van der Waals surface area contributed by atoms with Gasteiger partial charge in [0.15, 0.2) is 4.32 Å². The first kappa shape index (κ1) is 20.7. The first-order valence-corrected chi connectivity index (χ1v) is 11.2. The molecule has 9 heteroatoms. The number of halogens is 4. The van der Waals surface area contributed by atoms with Crippen LogP contribution in [0.4, 0.5) is 5.69 Å². The van der Waals surface area contributed by atoms with E-state index in [0.29, 0.717) is 25.0 Å². The van der Waals surface area contributed by atoms with Gasteiger partial charge in [-0.15, -0.1) is 0 Å². The molecule has 2 aromatic carbocycles. The summed E-state index contributed by atoms with van der Waals surface area (Å²) in [5, 5.41) is 0.797. The molecule has 134 valence electrons. The van der Waals surface area contributed by atoms with E-state index in [1.54, 1.807) is 31.4 Å². The van der Waals surface area contributed by atoms with Crippen LogP contribution in [0.2, 0.25) is 10.0 Å². The van der Waals surface area contributed by atoms with Crippen molar-refractivity contribution < 1.29 is 9.53 Å². The Morgan fingerprint density at radius 2 is 1.92 bits per heavy atom. The number of nitrogens with zero attached hydrogens (tertiary/aromatic N) is 1. The fraction of sp³-hybridized carbons (Fsp3) is 0.0588. The summed E-state index contributed by atoms with van der Waals surface area (Å²) in [6.07, 6.45) is 1.81. The van der Waals surface area contributed by atoms with Gasteiger partial charge in [-0.1, -0.05) is 47.2 Å². The summed E-state index contributed by atoms with van der Waals surface area (Å²) in [7, 11) is 1.61. The fourth-order valence-electron chi connectivity index (χ4n) is 2.36. The number of anilines is 1. The lowest BCUT2D eigenvalue weighted by molar-refractivity contribution is -0.113. The predicted octanol–water partition coefficient (Wildman–Crippen LogP) is 6.62. The highest BCUT2D eigenvalue weighted by Gasteiger charge is 2.33. The van der Waals surface area contributed by atoms with Crippen LogP contribution < -0.4 is 9.64 Å². The molecule has 1 fully saturated rings. The normalized spacial score (nSPS) is 15.9. The van der Waals surface area contributed by atoms with E-state index in [0.717, 1.165) is 18.5 Å². The quantitative estimate of drug-likeness (QED) is 0.213. The summed E-state index contributed by atoms with van der Waals surface area (Å²) in [5.74, 6) is 0.528. The molecule has 0 unspecified atom stereocenters. The Morgan fingerprint density at radius 1 is 1.19 bits per heavy atom. The Kier molecular flexibility index (Phi) is 6.77. The lowest BCUT2D eigenvalue weighted by atomic mass is 10.2. The third kappa shape index (κ3) is 4.17. The molecule has 3 rings (SSSR count). The van der Waals surface area contributed by atoms with Gasteiger partial charge >= 0.3 is 0 Å². The average Bonchev–Trinajstić information content (AvgIpc) is 2.84. The van der Waals surface area contributed by atoms with Gasteiger partial charge in [0.25, 0.3) is 5.91 Å². The standard InChI is InChI=1S/C17H9Cl2I2NO2S2/c1-24-15-8(4-9(20)6-13(15)21)5-14-16(23)22(17(25)26-14)10-2-3-11(18)12(19)7-10/h2-7H,1H3/b14-5-. The Morgan fingerprint density at radius 3 is 2.58 bits per heavy atom. The average molecular weight is 648 g/mol. The minimum Gasteiger partial charge on any atom is -0.495 e. The number of methoxy groups -OCH3 is 1. The zero-order valence-electron chi connectivity index (χ0n) is 13.1. The van der Waals surface area contributed by atoms with E-state index in [2.05, 4.69) is 45.2 Å². The lowest BCUT2D eigenvalue weighted by Crippen LogP contribution is -2.27. The van der Waals surface area contributed by atoms with E-state index in [-0.39, 0.29) is 5.91 Å². The molecule has 1 saturated heterocycles. The Hall–Kier alpha value is -0.0700. The molecule has 0 radical (unpaired) electrons. The molecule has 1 amide bonds. The van der Waals surface area contributed by atoms with Crippen LogP contribution in [0.5, 0.6) is 5.75 Å². The van der Waals surface area contributed by atoms with E-state index in [9.17, 15) is 4.79 Å². The second-order valence-corrected chi connectivity index (χ2v) is 10.0. The molecule has 0 aromatic heterocycles. The van der Waals surface area contributed by atoms with Crippen molar-refractivity contribution >= 4 is 114 Å². The number of carbonyl (C=O) groups excluding carboxylic acids is 1. The predicted molar refractivity (Wildman–Crippen MR) is 131 cm³/mol. The van der Waals surface area contributed by atoms with Gasteiger partial charge in [-0.3, -0.25) is 9.69 Å². The number of ether oxygens (including phenoxy) is 1. The first-order chi connectivity index (χ1) is 12.3. The summed E-state index contributed by atoms with van der Waals surface area (Å²) < 4.78 is 7.96. The molecule has 3 nitrogen and oxygen atoms in total. The van der Waals surface area contributed by atoms with Crippen LogP contribution in [0.25, 0.3) is 6.08 Å². The molecule has 0 spiro atoms. The van der Waals surface area contributed by atoms with E-state index in [1.807, 2.05) is 12.1 Å². The lowest BCUT2D eigenvalue weighted by Gasteiger charge is -2.15. The molecule has 0 atom stereocenters. The van der Waals surface area contributed by atoms with Crippen molar-refractivity contribution in [2.24, 2.45) is 0 Å². The van der Waals surface area contributed by atoms with Crippen molar-refractivity contribution in [3.8, 4) is 5.75 Å². The van der Waals surface area contributed by atoms with Crippen LogP contribution in [0.3, 0.4) is 0 Å². The van der Waals surface area contributed by atoms with Crippen LogP contribution in [0, 0.1) is 7.14 Å². The fourth-order valence-corrected chi connectivity index (χ4v) is 6.05. The smallest absolute Gasteiger partial charge is 0.270 e. The molecule has 1 heterocycles. The topological polar surface area (TPSA) is 29.5 Å². The molecule has 0 aliphatic carbocycles. The van der Waals surface area contributed by atoms with E-state index in [4.69, 9.17) is 40.2 Å². The molecule has 0 N–H and O–H groups in total. The zero-order valence-corrected chi connectivity index (χ0v) is 20.5. The zero-order chi connectivity index (χ0) is 19.0. The summed E-state index contributed by atoms with van der Waals surface area (Å²) in [6, 6.07) is 8.97. The summed E-state index contributed by atoms with van der Waals surface area (Å²) in [6.45, 7) is 0. The molecule has 1 aliphatic rings. The monoisotopic (exact) mass is 647 g/mol. The van der Waals surface area contributed by atoms with Gasteiger partial charge in [0, 0.05) is 9.13 Å². The molecular formula is C17H9Cl2I2NO2S2. The SMILES string of the molecule is COc1c(I)cc(I)cc1/C=C1\SC(=S)N(c2ccc(Cl)c(Cl)c2)C1=O. The van der Waals surface area contributed by atoms with E-state index >= 15 is 0 Å². The largest absolute Gasteiger partial charge is 0.495 e. The van der Waals surface area contributed by atoms with Crippen molar-refractivity contribution in [2.45, 2.75) is 0 Å². The van der Waals surface area contributed by atoms with Gasteiger partial charge in [0.1, 0.15) is 5.75 Å². The number of hydrogen-bond acceptors (Lipinski definition) is 4. The maximum Gasteiger partial charge on any atom is 0.270 e. The molecule has 0 saturated carbocycles. The summed E-state index contributed by atoms with van der Waals surface area (Å²) in [4.78, 5) is 14.9. The molecule has 0 bridgehead atoms. The second-order valence-electron chi connectivity index (χ2n) is 5.13. The Balaban J connectivity index is 2.01. The number of rotatable bonds is 3. The van der Waals surface area contributed by atoms with Crippen molar-refractivity contribution in [3.05, 3.63) is 58.0 Å². The van der Waals surface area contributed by atoms with E-state index < -0.39 is 0 Å². The number of carbonyl (C=O) groups is 1. The van der Waals surface area contributed by atoms with Gasteiger partial charge < -0.3 is 4.74 Å². The van der Waals surface area contributed by atoms with Crippen molar-refractivity contribution in [1.82, 2.24) is 0 Å². The third-order valence-electron chi connectivity index (χ3n) is 3.48. The summed E-state index contributed by atoms with van der Waals surface area (Å²) in [5.41, 5.74) is 1.42. The number of benzene rings is 2. The van der Waals surface area contributed by atoms with Gasteiger partial charge in [-0.05, 0) is 81.6 Å². The van der Waals surface area contributed by atoms with Crippen molar-refractivity contribution in [1.29, 1.82) is 0 Å². The van der Waals surface area contributed by atoms with Crippen LogP contribution in [0.15, 0.2) is 35.2 Å².